The van der Waals surface area contributed by atoms with E-state index < -0.39 is 16.9 Å². The molecule has 0 aliphatic heterocycles. The van der Waals surface area contributed by atoms with E-state index in [0.29, 0.717) is 0 Å². The molecule has 7 nitrogen and oxygen atoms in total. The number of amides is 1. The number of hydrogen-bond acceptors (Lipinski definition) is 5. The van der Waals surface area contributed by atoms with Gasteiger partial charge in [-0.25, -0.2) is 5.84 Å². The number of para-hydroxylation sites is 2. The van der Waals surface area contributed by atoms with Crippen molar-refractivity contribution in [3.8, 4) is 5.75 Å². The van der Waals surface area contributed by atoms with Crippen LogP contribution in [0.25, 0.3) is 0 Å². The zero-order valence-electron chi connectivity index (χ0n) is 10.1. The monoisotopic (exact) mass is 253 g/mol. The third-order valence-corrected chi connectivity index (χ3v) is 2.32. The molecule has 0 radical (unpaired) electrons. The lowest BCUT2D eigenvalue weighted by molar-refractivity contribution is -0.386. The number of ether oxygens (including phenoxy) is 1. The van der Waals surface area contributed by atoms with Crippen LogP contribution in [0.2, 0.25) is 0 Å². The van der Waals surface area contributed by atoms with E-state index >= 15 is 0 Å². The number of benzene rings is 1. The first-order valence-electron chi connectivity index (χ1n) is 5.38. The molecule has 1 aromatic rings. The van der Waals surface area contributed by atoms with E-state index in [1.165, 1.54) is 18.2 Å². The first kappa shape index (κ1) is 13.9. The number of nitrogens with one attached hydrogen (secondary N) is 1. The molecule has 1 atom stereocenters. The van der Waals surface area contributed by atoms with Crippen LogP contribution in [-0.4, -0.2) is 16.9 Å². The zero-order chi connectivity index (χ0) is 13.7. The zero-order valence-corrected chi connectivity index (χ0v) is 10.1. The van der Waals surface area contributed by atoms with Crippen LogP contribution in [0.15, 0.2) is 24.3 Å². The number of carbonyl (C=O) groups is 1. The number of rotatable bonds is 5. The molecular weight excluding hydrogens is 238 g/mol. The van der Waals surface area contributed by atoms with Crippen LogP contribution in [0.3, 0.4) is 0 Å². The molecule has 98 valence electrons. The van der Waals surface area contributed by atoms with Crippen molar-refractivity contribution in [3.05, 3.63) is 34.4 Å². The highest BCUT2D eigenvalue weighted by molar-refractivity contribution is 5.80. The lowest BCUT2D eigenvalue weighted by Gasteiger charge is -2.20. The van der Waals surface area contributed by atoms with Crippen LogP contribution in [0.4, 0.5) is 5.69 Å². The highest BCUT2D eigenvalue weighted by Crippen LogP contribution is 2.28. The molecule has 7 heteroatoms. The highest BCUT2D eigenvalue weighted by Gasteiger charge is 2.26. The molecule has 0 saturated heterocycles. The SMILES string of the molecule is CC(C)C(Oc1ccccc1[N+](=O)[O-])C(=O)NN. The largest absolute Gasteiger partial charge is 0.473 e. The molecule has 18 heavy (non-hydrogen) atoms. The molecule has 0 saturated carbocycles. The van der Waals surface area contributed by atoms with E-state index in [1.54, 1.807) is 19.9 Å². The number of hydrazine groups is 1. The Balaban J connectivity index is 3.01. The average Bonchev–Trinajstić information content (AvgIpc) is 2.34. The molecule has 1 amide bonds. The Kier molecular flexibility index (Phi) is 4.61. The molecule has 0 aliphatic rings. The van der Waals surface area contributed by atoms with Gasteiger partial charge in [-0.05, 0) is 12.0 Å². The fourth-order valence-electron chi connectivity index (χ4n) is 1.42. The van der Waals surface area contributed by atoms with Gasteiger partial charge in [0.15, 0.2) is 11.9 Å². The van der Waals surface area contributed by atoms with Gasteiger partial charge in [0, 0.05) is 6.07 Å². The number of nitrogens with zero attached hydrogens (tertiary/aromatic N) is 1. The molecule has 0 bridgehead atoms. The second-order valence-corrected chi connectivity index (χ2v) is 4.02. The predicted molar refractivity (Wildman–Crippen MR) is 64.7 cm³/mol. The molecule has 3 N–H and O–H groups in total. The van der Waals surface area contributed by atoms with Crippen molar-refractivity contribution in [1.82, 2.24) is 5.43 Å². The standard InChI is InChI=1S/C11H15N3O4/c1-7(2)10(11(15)13-12)18-9-6-4-3-5-8(9)14(16)17/h3-7,10H,12H2,1-2H3,(H,13,15). The Hall–Kier alpha value is -2.15. The summed E-state index contributed by atoms with van der Waals surface area (Å²) >= 11 is 0. The van der Waals surface area contributed by atoms with Crippen LogP contribution in [-0.2, 0) is 4.79 Å². The molecule has 0 fully saturated rings. The summed E-state index contributed by atoms with van der Waals surface area (Å²) in [7, 11) is 0. The van der Waals surface area contributed by atoms with Crippen LogP contribution in [0.1, 0.15) is 13.8 Å². The third-order valence-electron chi connectivity index (χ3n) is 2.32. The van der Waals surface area contributed by atoms with E-state index in [4.69, 9.17) is 10.6 Å². The summed E-state index contributed by atoms with van der Waals surface area (Å²) in [6.07, 6.45) is -0.879. The normalized spacial score (nSPS) is 12.0. The van der Waals surface area contributed by atoms with Crippen LogP contribution < -0.4 is 16.0 Å². The topological polar surface area (TPSA) is 107 Å². The second-order valence-electron chi connectivity index (χ2n) is 4.02. The van der Waals surface area contributed by atoms with Gasteiger partial charge >= 0.3 is 5.69 Å². The Labute approximate surface area is 104 Å². The number of carbonyl (C=O) groups excluding carboxylic acids is 1. The van der Waals surface area contributed by atoms with Crippen molar-refractivity contribution in [1.29, 1.82) is 0 Å². The fourth-order valence-corrected chi connectivity index (χ4v) is 1.42. The molecule has 1 rings (SSSR count). The molecule has 0 heterocycles. The van der Waals surface area contributed by atoms with Crippen LogP contribution in [0.5, 0.6) is 5.75 Å². The Morgan fingerprint density at radius 3 is 2.56 bits per heavy atom. The maximum absolute atomic E-state index is 11.5. The smallest absolute Gasteiger partial charge is 0.310 e. The Morgan fingerprint density at radius 2 is 2.06 bits per heavy atom. The predicted octanol–water partition coefficient (Wildman–Crippen LogP) is 0.988. The molecule has 0 spiro atoms. The summed E-state index contributed by atoms with van der Waals surface area (Å²) in [4.78, 5) is 21.8. The first-order valence-corrected chi connectivity index (χ1v) is 5.38. The van der Waals surface area contributed by atoms with Gasteiger partial charge in [-0.15, -0.1) is 0 Å². The lowest BCUT2D eigenvalue weighted by atomic mass is 10.1. The van der Waals surface area contributed by atoms with E-state index in [1.807, 2.05) is 5.43 Å². The Morgan fingerprint density at radius 1 is 1.44 bits per heavy atom. The summed E-state index contributed by atoms with van der Waals surface area (Å²) < 4.78 is 5.39. The third kappa shape index (κ3) is 3.17. The molecule has 1 aromatic carbocycles. The minimum absolute atomic E-state index is 0.0461. The van der Waals surface area contributed by atoms with Crippen molar-refractivity contribution in [2.75, 3.05) is 0 Å². The van der Waals surface area contributed by atoms with Gasteiger partial charge in [-0.1, -0.05) is 26.0 Å². The van der Waals surface area contributed by atoms with Crippen molar-refractivity contribution >= 4 is 11.6 Å². The number of nitro benzene ring substituents is 1. The molecular formula is C11H15N3O4. The Bertz CT molecular complexity index is 448. The van der Waals surface area contributed by atoms with Crippen molar-refractivity contribution in [3.63, 3.8) is 0 Å². The minimum Gasteiger partial charge on any atom is -0.473 e. The summed E-state index contributed by atoms with van der Waals surface area (Å²) in [5.74, 6) is 4.40. The summed E-state index contributed by atoms with van der Waals surface area (Å²) in [5.41, 5.74) is 1.79. The lowest BCUT2D eigenvalue weighted by Crippen LogP contribution is -2.44. The number of hydrogen-bond donors (Lipinski definition) is 2. The fraction of sp³-hybridized carbons (Fsp3) is 0.364. The van der Waals surface area contributed by atoms with E-state index in [2.05, 4.69) is 0 Å². The number of nitrogens with two attached hydrogens (primary N) is 1. The number of nitro groups is 1. The molecule has 0 aliphatic carbocycles. The average molecular weight is 253 g/mol. The van der Waals surface area contributed by atoms with Crippen LogP contribution in [0, 0.1) is 16.0 Å². The maximum atomic E-state index is 11.5. The summed E-state index contributed by atoms with van der Waals surface area (Å²) in [6, 6.07) is 5.88. The maximum Gasteiger partial charge on any atom is 0.310 e. The van der Waals surface area contributed by atoms with Gasteiger partial charge in [0.2, 0.25) is 0 Å². The van der Waals surface area contributed by atoms with Crippen molar-refractivity contribution < 1.29 is 14.5 Å². The van der Waals surface area contributed by atoms with E-state index in [-0.39, 0.29) is 17.4 Å². The van der Waals surface area contributed by atoms with Gasteiger partial charge in [0.05, 0.1) is 4.92 Å². The van der Waals surface area contributed by atoms with E-state index in [0.717, 1.165) is 0 Å². The van der Waals surface area contributed by atoms with Gasteiger partial charge < -0.3 is 4.74 Å². The van der Waals surface area contributed by atoms with Gasteiger partial charge in [0.25, 0.3) is 5.91 Å². The van der Waals surface area contributed by atoms with Gasteiger partial charge in [0.1, 0.15) is 0 Å². The van der Waals surface area contributed by atoms with Gasteiger partial charge in [-0.2, -0.15) is 0 Å². The van der Waals surface area contributed by atoms with Gasteiger partial charge in [-0.3, -0.25) is 20.3 Å². The molecule has 1 unspecified atom stereocenters. The van der Waals surface area contributed by atoms with Crippen LogP contribution >= 0.6 is 0 Å². The van der Waals surface area contributed by atoms with Crippen molar-refractivity contribution in [2.24, 2.45) is 11.8 Å². The quantitative estimate of drug-likeness (QED) is 0.352. The minimum atomic E-state index is -0.879. The van der Waals surface area contributed by atoms with Crippen molar-refractivity contribution in [2.45, 2.75) is 20.0 Å². The van der Waals surface area contributed by atoms with E-state index in [9.17, 15) is 14.9 Å². The summed E-state index contributed by atoms with van der Waals surface area (Å²) in [5, 5.41) is 10.8. The second kappa shape index (κ2) is 5.97. The molecule has 0 aromatic heterocycles. The highest BCUT2D eigenvalue weighted by atomic mass is 16.6. The first-order chi connectivity index (χ1) is 8.47. The summed E-state index contributed by atoms with van der Waals surface area (Å²) in [6.45, 7) is 3.52.